The lowest BCUT2D eigenvalue weighted by molar-refractivity contribution is -0.143. The molecule has 8 atom stereocenters. The van der Waals surface area contributed by atoms with Crippen LogP contribution in [0.25, 0.3) is 0 Å². The van der Waals surface area contributed by atoms with Gasteiger partial charge in [0.25, 0.3) is 0 Å². The molecule has 0 aromatic heterocycles. The van der Waals surface area contributed by atoms with Gasteiger partial charge in [-0.1, -0.05) is 37.6 Å². The van der Waals surface area contributed by atoms with Crippen molar-refractivity contribution in [1.29, 1.82) is 0 Å². The van der Waals surface area contributed by atoms with Crippen molar-refractivity contribution < 1.29 is 33.3 Å². The number of amides is 2. The minimum Gasteiger partial charge on any atom is -0.459 e. The maximum absolute atomic E-state index is 12.4. The standard InChI is InChI=1S/C31H48N2O7/c1-7-8-29(35)32-18-26-17-31(19-37-31)16-25(40-26)12-9-20(2)10-13-28-21(3)15-27(23(5)39-28)33-30(36)14-11-22(4)38-24(6)34/h9-12,14,21-23,25-28H,7-8,13,15-19H2,1-6H3,(H,32,35)(H,33,36)/t21-,22-,23+,25+,26-,27+,28-,31+/m0/s1. The molecule has 9 nitrogen and oxygen atoms in total. The van der Waals surface area contributed by atoms with Crippen LogP contribution < -0.4 is 10.6 Å². The number of hydrogen-bond acceptors (Lipinski definition) is 7. The number of ether oxygens (including phenoxy) is 4. The second kappa shape index (κ2) is 14.9. The lowest BCUT2D eigenvalue weighted by atomic mass is 9.88. The first-order valence-corrected chi connectivity index (χ1v) is 14.7. The Hall–Kier alpha value is -2.49. The summed E-state index contributed by atoms with van der Waals surface area (Å²) in [5.41, 5.74) is 1.04. The highest BCUT2D eigenvalue weighted by atomic mass is 16.6. The van der Waals surface area contributed by atoms with Crippen molar-refractivity contribution in [3.8, 4) is 0 Å². The van der Waals surface area contributed by atoms with Crippen molar-refractivity contribution in [3.63, 3.8) is 0 Å². The average molecular weight is 561 g/mol. The molecule has 3 aliphatic rings. The second-order valence-corrected chi connectivity index (χ2v) is 11.7. The Kier molecular flexibility index (Phi) is 12.0. The van der Waals surface area contributed by atoms with Gasteiger partial charge in [0.1, 0.15) is 6.10 Å². The molecule has 2 N–H and O–H groups in total. The van der Waals surface area contributed by atoms with Crippen LogP contribution in [0.15, 0.2) is 36.0 Å². The van der Waals surface area contributed by atoms with Crippen molar-refractivity contribution in [2.45, 2.75) is 122 Å². The largest absolute Gasteiger partial charge is 0.459 e. The van der Waals surface area contributed by atoms with Crippen LogP contribution in [-0.2, 0) is 33.3 Å². The summed E-state index contributed by atoms with van der Waals surface area (Å²) in [6.45, 7) is 12.5. The summed E-state index contributed by atoms with van der Waals surface area (Å²) in [7, 11) is 0. The fourth-order valence-electron chi connectivity index (χ4n) is 5.42. The molecule has 0 aromatic rings. The fourth-order valence-corrected chi connectivity index (χ4v) is 5.42. The van der Waals surface area contributed by atoms with Gasteiger partial charge in [-0.25, -0.2) is 0 Å². The van der Waals surface area contributed by atoms with Crippen LogP contribution in [-0.4, -0.2) is 73.1 Å². The van der Waals surface area contributed by atoms with E-state index in [-0.39, 0.29) is 59.8 Å². The molecule has 40 heavy (non-hydrogen) atoms. The van der Waals surface area contributed by atoms with Crippen molar-refractivity contribution in [2.24, 2.45) is 5.92 Å². The Labute approximate surface area is 239 Å². The number of rotatable bonds is 12. The van der Waals surface area contributed by atoms with Crippen LogP contribution in [0, 0.1) is 5.92 Å². The quantitative estimate of drug-likeness (QED) is 0.161. The minimum atomic E-state index is -0.455. The molecule has 3 fully saturated rings. The molecule has 0 aliphatic carbocycles. The molecular weight excluding hydrogens is 512 g/mol. The van der Waals surface area contributed by atoms with Crippen LogP contribution in [0.2, 0.25) is 0 Å². The Morgan fingerprint density at radius 1 is 1.12 bits per heavy atom. The second-order valence-electron chi connectivity index (χ2n) is 11.7. The van der Waals surface area contributed by atoms with Gasteiger partial charge < -0.3 is 29.6 Å². The van der Waals surface area contributed by atoms with Gasteiger partial charge in [-0.05, 0) is 52.0 Å². The Bertz CT molecular complexity index is 971. The molecule has 0 radical (unpaired) electrons. The van der Waals surface area contributed by atoms with Gasteiger partial charge in [0, 0.05) is 38.8 Å². The van der Waals surface area contributed by atoms with E-state index in [0.717, 1.165) is 44.3 Å². The van der Waals surface area contributed by atoms with Crippen LogP contribution in [0.3, 0.4) is 0 Å². The number of carbonyl (C=O) groups excluding carboxylic acids is 3. The maximum atomic E-state index is 12.4. The van der Waals surface area contributed by atoms with Crippen LogP contribution in [0.1, 0.15) is 80.1 Å². The summed E-state index contributed by atoms with van der Waals surface area (Å²) < 4.78 is 23.3. The Morgan fingerprint density at radius 2 is 1.88 bits per heavy atom. The molecule has 3 rings (SSSR count). The predicted molar refractivity (Wildman–Crippen MR) is 152 cm³/mol. The van der Waals surface area contributed by atoms with Gasteiger partial charge in [-0.15, -0.1) is 0 Å². The third-order valence-corrected chi connectivity index (χ3v) is 7.76. The van der Waals surface area contributed by atoms with Gasteiger partial charge in [-0.3, -0.25) is 14.4 Å². The van der Waals surface area contributed by atoms with Crippen molar-refractivity contribution in [1.82, 2.24) is 10.6 Å². The Morgan fingerprint density at radius 3 is 2.55 bits per heavy atom. The molecule has 0 bridgehead atoms. The zero-order chi connectivity index (χ0) is 29.3. The highest BCUT2D eigenvalue weighted by Gasteiger charge is 2.51. The van der Waals surface area contributed by atoms with Crippen molar-refractivity contribution >= 4 is 17.8 Å². The molecule has 3 heterocycles. The lowest BCUT2D eigenvalue weighted by Crippen LogP contribution is -2.50. The zero-order valence-electron chi connectivity index (χ0n) is 24.9. The van der Waals surface area contributed by atoms with E-state index >= 15 is 0 Å². The molecule has 224 valence electrons. The number of hydrogen-bond donors (Lipinski definition) is 2. The number of carbonyl (C=O) groups is 3. The van der Waals surface area contributed by atoms with Crippen LogP contribution in [0.5, 0.6) is 0 Å². The number of nitrogens with one attached hydrogen (secondary N) is 2. The number of epoxide rings is 1. The fraction of sp³-hybridized carbons (Fsp3) is 0.710. The summed E-state index contributed by atoms with van der Waals surface area (Å²) in [6.07, 6.45) is 13.4. The highest BCUT2D eigenvalue weighted by molar-refractivity contribution is 5.87. The van der Waals surface area contributed by atoms with E-state index in [4.69, 9.17) is 18.9 Å². The topological polar surface area (TPSA) is 115 Å². The van der Waals surface area contributed by atoms with Gasteiger partial charge in [-0.2, -0.15) is 0 Å². The zero-order valence-corrected chi connectivity index (χ0v) is 24.9. The Balaban J connectivity index is 1.45. The molecule has 9 heteroatoms. The summed E-state index contributed by atoms with van der Waals surface area (Å²) >= 11 is 0. The van der Waals surface area contributed by atoms with Gasteiger partial charge in [0.15, 0.2) is 0 Å². The predicted octanol–water partition coefficient (Wildman–Crippen LogP) is 3.92. The summed E-state index contributed by atoms with van der Waals surface area (Å²) in [6, 6.07) is -0.0856. The van der Waals surface area contributed by atoms with Crippen molar-refractivity contribution in [2.75, 3.05) is 13.2 Å². The van der Waals surface area contributed by atoms with Crippen LogP contribution >= 0.6 is 0 Å². The molecule has 2 amide bonds. The number of esters is 1. The van der Waals surface area contributed by atoms with Gasteiger partial charge in [0.2, 0.25) is 11.8 Å². The number of allylic oxidation sites excluding steroid dienone is 2. The van der Waals surface area contributed by atoms with Crippen molar-refractivity contribution in [3.05, 3.63) is 36.0 Å². The van der Waals surface area contributed by atoms with E-state index in [1.165, 1.54) is 13.0 Å². The van der Waals surface area contributed by atoms with E-state index in [2.05, 4.69) is 42.7 Å². The monoisotopic (exact) mass is 560 g/mol. The molecule has 0 aromatic carbocycles. The summed E-state index contributed by atoms with van der Waals surface area (Å²) in [5.74, 6) is -0.262. The van der Waals surface area contributed by atoms with E-state index in [1.807, 2.05) is 13.8 Å². The van der Waals surface area contributed by atoms with Gasteiger partial charge >= 0.3 is 5.97 Å². The first kappa shape index (κ1) is 32.0. The summed E-state index contributed by atoms with van der Waals surface area (Å²) in [5, 5.41) is 6.01. The molecular formula is C31H48N2O7. The lowest BCUT2D eigenvalue weighted by Gasteiger charge is -2.39. The highest BCUT2D eigenvalue weighted by Crippen LogP contribution is 2.42. The smallest absolute Gasteiger partial charge is 0.303 e. The minimum absolute atomic E-state index is 0.0461. The third-order valence-electron chi connectivity index (χ3n) is 7.76. The molecule has 1 spiro atoms. The van der Waals surface area contributed by atoms with E-state index in [1.54, 1.807) is 13.0 Å². The normalized spacial score (nSPS) is 33.2. The first-order valence-electron chi connectivity index (χ1n) is 14.7. The van der Waals surface area contributed by atoms with E-state index < -0.39 is 6.10 Å². The summed E-state index contributed by atoms with van der Waals surface area (Å²) in [4.78, 5) is 35.3. The first-order chi connectivity index (χ1) is 19.0. The molecule has 0 saturated carbocycles. The van der Waals surface area contributed by atoms with E-state index in [0.29, 0.717) is 13.0 Å². The third kappa shape index (κ3) is 10.5. The molecule has 3 aliphatic heterocycles. The average Bonchev–Trinajstić information content (AvgIpc) is 3.63. The molecule has 3 saturated heterocycles. The molecule has 0 unspecified atom stereocenters. The van der Waals surface area contributed by atoms with E-state index in [9.17, 15) is 14.4 Å². The SMILES string of the molecule is CCCC(=O)NC[C@@H]1C[C@@]2(CO2)C[C@@H](C=CC(C)=CC[C@@H]2O[C@H](C)[C@H](NC(=O)C=C[C@H](C)OC(C)=O)C[C@@H]2C)O1. The van der Waals surface area contributed by atoms with Crippen LogP contribution in [0.4, 0.5) is 0 Å². The van der Waals surface area contributed by atoms with Gasteiger partial charge in [0.05, 0.1) is 42.7 Å². The maximum Gasteiger partial charge on any atom is 0.303 e.